The van der Waals surface area contributed by atoms with Gasteiger partial charge < -0.3 is 18.6 Å². The van der Waals surface area contributed by atoms with E-state index in [1.165, 1.54) is 7.11 Å². The minimum atomic E-state index is -2.09. The zero-order chi connectivity index (χ0) is 21.5. The van der Waals surface area contributed by atoms with Crippen LogP contribution in [0.3, 0.4) is 0 Å². The van der Waals surface area contributed by atoms with Crippen LogP contribution in [0.4, 0.5) is 0 Å². The lowest BCUT2D eigenvalue weighted by Gasteiger charge is -2.51. The molecule has 1 aliphatic heterocycles. The number of ether oxygens (including phenoxy) is 3. The van der Waals surface area contributed by atoms with Gasteiger partial charge in [-0.25, -0.2) is 0 Å². The molecule has 1 aliphatic carbocycles. The molecule has 3 atom stereocenters. The van der Waals surface area contributed by atoms with E-state index in [0.29, 0.717) is 6.42 Å². The Morgan fingerprint density at radius 3 is 2.43 bits per heavy atom. The smallest absolute Gasteiger partial charge is 0.325 e. The second-order valence-corrected chi connectivity index (χ2v) is 14.6. The molecule has 0 aromatic rings. The lowest BCUT2D eigenvalue weighted by Crippen LogP contribution is -2.65. The van der Waals surface area contributed by atoms with Crippen LogP contribution in [-0.2, 0) is 28.2 Å². The van der Waals surface area contributed by atoms with Crippen molar-refractivity contribution in [1.29, 1.82) is 0 Å². The van der Waals surface area contributed by atoms with Crippen molar-refractivity contribution in [1.82, 2.24) is 0 Å². The maximum atomic E-state index is 13.3. The Kier molecular flexibility index (Phi) is 6.25. The maximum Gasteiger partial charge on any atom is 0.325 e. The topological polar surface area (TPSA) is 71.1 Å². The van der Waals surface area contributed by atoms with Crippen molar-refractivity contribution in [2.75, 3.05) is 13.7 Å². The highest BCUT2D eigenvalue weighted by Gasteiger charge is 2.65. The molecule has 2 rings (SSSR count). The minimum Gasteiger partial charge on any atom is -0.547 e. The Balaban J connectivity index is 2.52. The molecule has 28 heavy (non-hydrogen) atoms. The number of ketones is 1. The summed E-state index contributed by atoms with van der Waals surface area (Å²) in [6, 6.07) is 0. The number of carbonyl (C=O) groups is 2. The highest BCUT2D eigenvalue weighted by Crippen LogP contribution is 2.49. The first-order valence-corrected chi connectivity index (χ1v) is 12.9. The molecule has 6 nitrogen and oxygen atoms in total. The fourth-order valence-corrected chi connectivity index (χ4v) is 4.86. The van der Waals surface area contributed by atoms with Crippen LogP contribution in [0.25, 0.3) is 0 Å². The summed E-state index contributed by atoms with van der Waals surface area (Å²) in [4.78, 5) is 26.3. The Morgan fingerprint density at radius 2 is 1.93 bits per heavy atom. The molecule has 0 amide bonds. The first-order chi connectivity index (χ1) is 12.7. The molecule has 160 valence electrons. The van der Waals surface area contributed by atoms with Crippen molar-refractivity contribution < 1.29 is 28.2 Å². The normalized spacial score (nSPS) is 30.3. The van der Waals surface area contributed by atoms with Gasteiger partial charge in [-0.1, -0.05) is 20.8 Å². The highest BCUT2D eigenvalue weighted by molar-refractivity contribution is 6.74. The van der Waals surface area contributed by atoms with E-state index in [4.69, 9.17) is 18.6 Å². The molecular weight excluding hydrogens is 376 g/mol. The monoisotopic (exact) mass is 412 g/mol. The minimum absolute atomic E-state index is 0.0224. The first kappa shape index (κ1) is 23.1. The molecular formula is C21H36O6Si. The molecule has 0 aromatic carbocycles. The van der Waals surface area contributed by atoms with Crippen LogP contribution in [0.1, 0.15) is 54.4 Å². The van der Waals surface area contributed by atoms with Crippen LogP contribution >= 0.6 is 0 Å². The summed E-state index contributed by atoms with van der Waals surface area (Å²) in [5.41, 5.74) is -2.14. The van der Waals surface area contributed by atoms with E-state index in [-0.39, 0.29) is 23.8 Å². The van der Waals surface area contributed by atoms with Crippen LogP contribution in [0, 0.1) is 5.41 Å². The number of Topliss-reactive ketones (excluding diaryl/α,β-unsaturated/α-hetero) is 1. The summed E-state index contributed by atoms with van der Waals surface area (Å²) >= 11 is 0. The predicted octanol–water partition coefficient (Wildman–Crippen LogP) is 4.00. The molecule has 2 aliphatic rings. The lowest BCUT2D eigenvalue weighted by atomic mass is 9.64. The average molecular weight is 413 g/mol. The molecule has 0 saturated carbocycles. The summed E-state index contributed by atoms with van der Waals surface area (Å²) < 4.78 is 23.7. The summed E-state index contributed by atoms with van der Waals surface area (Å²) in [6.45, 7) is 16.5. The van der Waals surface area contributed by atoms with Gasteiger partial charge in [0.05, 0.1) is 24.1 Å². The molecule has 0 radical (unpaired) electrons. The predicted molar refractivity (Wildman–Crippen MR) is 109 cm³/mol. The summed E-state index contributed by atoms with van der Waals surface area (Å²) in [6.07, 6.45) is 0.800. The average Bonchev–Trinajstić information content (AvgIpc) is 2.51. The molecule has 2 unspecified atom stereocenters. The zero-order valence-electron chi connectivity index (χ0n) is 18.8. The van der Waals surface area contributed by atoms with E-state index < -0.39 is 37.5 Å². The van der Waals surface area contributed by atoms with Crippen molar-refractivity contribution in [2.45, 2.75) is 90.3 Å². The number of methoxy groups -OCH3 is 1. The molecule has 0 N–H and O–H groups in total. The molecule has 0 aromatic heterocycles. The van der Waals surface area contributed by atoms with Crippen molar-refractivity contribution in [3.05, 3.63) is 11.8 Å². The Hall–Kier alpha value is -1.18. The maximum absolute atomic E-state index is 13.3. The zero-order valence-corrected chi connectivity index (χ0v) is 19.8. The summed E-state index contributed by atoms with van der Waals surface area (Å²) in [5.74, 6) is -0.0366. The van der Waals surface area contributed by atoms with Crippen molar-refractivity contribution in [3.63, 3.8) is 0 Å². The third-order valence-electron chi connectivity index (χ3n) is 6.25. The number of rotatable bonds is 5. The van der Waals surface area contributed by atoms with E-state index in [1.54, 1.807) is 13.0 Å². The lowest BCUT2D eigenvalue weighted by molar-refractivity contribution is -0.215. The van der Waals surface area contributed by atoms with E-state index >= 15 is 0 Å². The SMILES string of the molecule is CCOC(=O)[C@@]12C(=O)CC(C)(C)OC1CC(O[Si](C)(C)C(C)(C)C)=CC2OC. The van der Waals surface area contributed by atoms with Gasteiger partial charge in [0.1, 0.15) is 6.10 Å². The van der Waals surface area contributed by atoms with Crippen LogP contribution in [-0.4, -0.2) is 51.6 Å². The molecule has 0 bridgehead atoms. The molecule has 7 heteroatoms. The second kappa shape index (κ2) is 7.57. The van der Waals surface area contributed by atoms with Gasteiger partial charge >= 0.3 is 5.97 Å². The number of hydrogen-bond donors (Lipinski definition) is 0. The van der Waals surface area contributed by atoms with Crippen LogP contribution in [0.15, 0.2) is 11.8 Å². The van der Waals surface area contributed by atoms with Gasteiger partial charge in [-0.05, 0) is 45.0 Å². The Bertz CT molecular complexity index is 660. The molecule has 0 spiro atoms. The van der Waals surface area contributed by atoms with Gasteiger partial charge in [-0.3, -0.25) is 9.59 Å². The number of carbonyl (C=O) groups excluding carboxylic acids is 2. The third-order valence-corrected chi connectivity index (χ3v) is 10.6. The van der Waals surface area contributed by atoms with Gasteiger partial charge in [0, 0.05) is 20.0 Å². The molecule has 1 heterocycles. The van der Waals surface area contributed by atoms with Crippen LogP contribution in [0.2, 0.25) is 18.1 Å². The Morgan fingerprint density at radius 1 is 1.32 bits per heavy atom. The van der Waals surface area contributed by atoms with Gasteiger partial charge in [0.15, 0.2) is 11.2 Å². The highest BCUT2D eigenvalue weighted by atomic mass is 28.4. The number of esters is 1. The van der Waals surface area contributed by atoms with Crippen LogP contribution in [0.5, 0.6) is 0 Å². The van der Waals surface area contributed by atoms with Gasteiger partial charge in [0.25, 0.3) is 0 Å². The van der Waals surface area contributed by atoms with Crippen LogP contribution < -0.4 is 0 Å². The van der Waals surface area contributed by atoms with Gasteiger partial charge in [0.2, 0.25) is 8.32 Å². The van der Waals surface area contributed by atoms with Gasteiger partial charge in [-0.15, -0.1) is 0 Å². The molecule has 1 saturated heterocycles. The van der Waals surface area contributed by atoms with Crippen molar-refractivity contribution in [2.24, 2.45) is 5.41 Å². The number of hydrogen-bond acceptors (Lipinski definition) is 6. The summed E-state index contributed by atoms with van der Waals surface area (Å²) in [5, 5.41) is 0.0224. The second-order valence-electron chi connectivity index (χ2n) is 9.91. The Labute approximate surface area is 170 Å². The van der Waals surface area contributed by atoms with Crippen molar-refractivity contribution >= 4 is 20.1 Å². The largest absolute Gasteiger partial charge is 0.547 e. The first-order valence-electron chi connectivity index (χ1n) is 10.0. The van der Waals surface area contributed by atoms with E-state index in [9.17, 15) is 9.59 Å². The standard InChI is InChI=1S/C21H36O6Si/c1-10-25-18(23)21-15(22)13-20(5,6)26-17(21)12-14(11-16(21)24-7)27-28(8,9)19(2,3)4/h11,16-17H,10,12-13H2,1-9H3/t16?,17?,21-/m1/s1. The van der Waals surface area contributed by atoms with Crippen molar-refractivity contribution in [3.8, 4) is 0 Å². The van der Waals surface area contributed by atoms with E-state index in [2.05, 4.69) is 33.9 Å². The van der Waals surface area contributed by atoms with Gasteiger partial charge in [-0.2, -0.15) is 0 Å². The van der Waals surface area contributed by atoms with E-state index in [0.717, 1.165) is 5.76 Å². The fourth-order valence-electron chi connectivity index (χ4n) is 3.75. The molecule has 1 fully saturated rings. The summed E-state index contributed by atoms with van der Waals surface area (Å²) in [7, 11) is -0.590. The number of fused-ring (bicyclic) bond motifs is 1. The fraction of sp³-hybridized carbons (Fsp3) is 0.810. The van der Waals surface area contributed by atoms with E-state index in [1.807, 2.05) is 13.8 Å². The third kappa shape index (κ3) is 3.93. The quantitative estimate of drug-likeness (QED) is 0.386.